The summed E-state index contributed by atoms with van der Waals surface area (Å²) in [6.07, 6.45) is 1.70. The van der Waals surface area contributed by atoms with E-state index in [1.54, 1.807) is 25.7 Å². The summed E-state index contributed by atoms with van der Waals surface area (Å²) in [4.78, 5) is 25.4. The quantitative estimate of drug-likeness (QED) is 0.827. The molecule has 24 heavy (non-hydrogen) atoms. The predicted octanol–water partition coefficient (Wildman–Crippen LogP) is 3.23. The van der Waals surface area contributed by atoms with Gasteiger partial charge in [0.1, 0.15) is 5.75 Å². The van der Waals surface area contributed by atoms with E-state index in [4.69, 9.17) is 5.11 Å². The van der Waals surface area contributed by atoms with Gasteiger partial charge in [0.2, 0.25) is 0 Å². The summed E-state index contributed by atoms with van der Waals surface area (Å²) in [6.45, 7) is 1.96. The molecule has 0 spiro atoms. The van der Waals surface area contributed by atoms with Gasteiger partial charge in [0.25, 0.3) is 5.91 Å². The second-order valence-corrected chi connectivity index (χ2v) is 6.25. The van der Waals surface area contributed by atoms with Gasteiger partial charge in [-0.1, -0.05) is 6.92 Å². The number of halogens is 2. The maximum Gasteiger partial charge on any atom is 0.387 e. The van der Waals surface area contributed by atoms with Crippen LogP contribution in [-0.2, 0) is 4.79 Å². The van der Waals surface area contributed by atoms with Crippen molar-refractivity contribution in [3.05, 3.63) is 28.8 Å². The number of carboxylic acid groups (broad SMARTS) is 1. The number of aryl methyl sites for hydroxylation is 2. The number of hydrogen-bond acceptors (Lipinski definition) is 3. The van der Waals surface area contributed by atoms with Crippen LogP contribution in [0, 0.1) is 19.8 Å². The van der Waals surface area contributed by atoms with Gasteiger partial charge in [-0.15, -0.1) is 0 Å². The highest BCUT2D eigenvalue weighted by Crippen LogP contribution is 2.31. The normalized spacial score (nSPS) is 15.2. The Morgan fingerprint density at radius 1 is 1.29 bits per heavy atom. The van der Waals surface area contributed by atoms with Crippen LogP contribution in [0.15, 0.2) is 12.1 Å². The number of nitrogens with zero attached hydrogens (tertiary/aromatic N) is 1. The topological polar surface area (TPSA) is 66.8 Å². The minimum atomic E-state index is -2.93. The molecule has 0 aromatic heterocycles. The van der Waals surface area contributed by atoms with Crippen LogP contribution in [0.2, 0.25) is 0 Å². The Morgan fingerprint density at radius 3 is 2.25 bits per heavy atom. The van der Waals surface area contributed by atoms with Crippen molar-refractivity contribution in [2.45, 2.75) is 46.3 Å². The lowest BCUT2D eigenvalue weighted by Crippen LogP contribution is -2.38. The fraction of sp³-hybridized carbons (Fsp3) is 0.529. The molecule has 1 unspecified atom stereocenters. The zero-order valence-electron chi connectivity index (χ0n) is 13.9. The monoisotopic (exact) mass is 341 g/mol. The number of benzene rings is 1. The molecule has 1 saturated carbocycles. The molecule has 1 fully saturated rings. The van der Waals surface area contributed by atoms with E-state index in [9.17, 15) is 18.4 Å². The van der Waals surface area contributed by atoms with Crippen LogP contribution in [0.3, 0.4) is 0 Å². The first-order chi connectivity index (χ1) is 11.2. The zero-order valence-corrected chi connectivity index (χ0v) is 13.9. The summed E-state index contributed by atoms with van der Waals surface area (Å²) in [5.41, 5.74) is 1.25. The van der Waals surface area contributed by atoms with Gasteiger partial charge in [-0.05, 0) is 49.9 Å². The van der Waals surface area contributed by atoms with Crippen LogP contribution in [0.4, 0.5) is 8.78 Å². The van der Waals surface area contributed by atoms with Crippen LogP contribution in [0.25, 0.3) is 0 Å². The van der Waals surface area contributed by atoms with E-state index in [1.807, 2.05) is 0 Å². The first-order valence-electron chi connectivity index (χ1n) is 7.80. The van der Waals surface area contributed by atoms with Gasteiger partial charge in [0.05, 0.1) is 5.92 Å². The van der Waals surface area contributed by atoms with Crippen molar-refractivity contribution in [3.63, 3.8) is 0 Å². The number of ether oxygens (including phenoxy) is 1. The van der Waals surface area contributed by atoms with Crippen LogP contribution in [0.1, 0.15) is 41.3 Å². The van der Waals surface area contributed by atoms with Crippen molar-refractivity contribution < 1.29 is 28.2 Å². The molecule has 1 aromatic rings. The summed E-state index contributed by atoms with van der Waals surface area (Å²) < 4.78 is 29.4. The molecule has 132 valence electrons. The van der Waals surface area contributed by atoms with E-state index >= 15 is 0 Å². The van der Waals surface area contributed by atoms with Crippen LogP contribution < -0.4 is 4.74 Å². The smallest absolute Gasteiger partial charge is 0.387 e. The Hall–Kier alpha value is -2.18. The molecule has 0 bridgehead atoms. The second-order valence-electron chi connectivity index (χ2n) is 6.25. The lowest BCUT2D eigenvalue weighted by Gasteiger charge is -2.25. The summed E-state index contributed by atoms with van der Waals surface area (Å²) >= 11 is 0. The molecule has 7 heteroatoms. The number of carbonyl (C=O) groups is 2. The highest BCUT2D eigenvalue weighted by atomic mass is 19.3. The maximum atomic E-state index is 12.8. The number of carboxylic acids is 1. The van der Waals surface area contributed by atoms with E-state index in [1.165, 1.54) is 12.1 Å². The highest BCUT2D eigenvalue weighted by Gasteiger charge is 2.35. The van der Waals surface area contributed by atoms with Gasteiger partial charge in [-0.3, -0.25) is 9.59 Å². The minimum Gasteiger partial charge on any atom is -0.481 e. The average molecular weight is 341 g/mol. The second kappa shape index (κ2) is 7.15. The fourth-order valence-electron chi connectivity index (χ4n) is 2.67. The van der Waals surface area contributed by atoms with E-state index < -0.39 is 18.5 Å². The van der Waals surface area contributed by atoms with Crippen molar-refractivity contribution >= 4 is 11.9 Å². The van der Waals surface area contributed by atoms with Crippen molar-refractivity contribution in [2.24, 2.45) is 5.92 Å². The Balaban J connectivity index is 2.25. The predicted molar refractivity (Wildman–Crippen MR) is 83.4 cm³/mol. The minimum absolute atomic E-state index is 0.0527. The number of amides is 1. The van der Waals surface area contributed by atoms with Gasteiger partial charge in [0, 0.05) is 18.2 Å². The Labute approximate surface area is 139 Å². The SMILES string of the molecule is Cc1cc(C(=O)N(CC(C)C(=O)O)C2CC2)cc(C)c1OC(F)F. The van der Waals surface area contributed by atoms with Gasteiger partial charge in [-0.25, -0.2) is 0 Å². The van der Waals surface area contributed by atoms with Crippen molar-refractivity contribution in [1.29, 1.82) is 0 Å². The van der Waals surface area contributed by atoms with Gasteiger partial charge in [-0.2, -0.15) is 8.78 Å². The maximum absolute atomic E-state index is 12.8. The number of alkyl halides is 2. The van der Waals surface area contributed by atoms with Crippen LogP contribution in [-0.4, -0.2) is 41.1 Å². The third-order valence-electron chi connectivity index (χ3n) is 4.05. The Morgan fingerprint density at radius 2 is 1.83 bits per heavy atom. The largest absolute Gasteiger partial charge is 0.481 e. The Kier molecular flexibility index (Phi) is 5.41. The molecular formula is C17H21F2NO4. The van der Waals surface area contributed by atoms with E-state index in [0.717, 1.165) is 12.8 Å². The summed E-state index contributed by atoms with van der Waals surface area (Å²) in [5, 5.41) is 9.07. The molecule has 2 rings (SSSR count). The molecule has 1 aliphatic carbocycles. The lowest BCUT2D eigenvalue weighted by atomic mass is 10.0. The van der Waals surface area contributed by atoms with Gasteiger partial charge in [0.15, 0.2) is 0 Å². The highest BCUT2D eigenvalue weighted by molar-refractivity contribution is 5.95. The zero-order chi connectivity index (χ0) is 18.0. The van der Waals surface area contributed by atoms with Crippen molar-refractivity contribution in [3.8, 4) is 5.75 Å². The van der Waals surface area contributed by atoms with E-state index in [2.05, 4.69) is 4.74 Å². The molecule has 0 radical (unpaired) electrons. The third-order valence-corrected chi connectivity index (χ3v) is 4.05. The van der Waals surface area contributed by atoms with E-state index in [-0.39, 0.29) is 24.2 Å². The lowest BCUT2D eigenvalue weighted by molar-refractivity contribution is -0.141. The van der Waals surface area contributed by atoms with Crippen molar-refractivity contribution in [1.82, 2.24) is 4.90 Å². The number of carbonyl (C=O) groups excluding carboxylic acids is 1. The van der Waals surface area contributed by atoms with E-state index in [0.29, 0.717) is 16.7 Å². The standard InChI is InChI=1S/C17H21F2NO4/c1-9-6-12(7-10(2)14(9)24-17(18)19)15(21)20(13-4-5-13)8-11(3)16(22)23/h6-7,11,13,17H,4-5,8H2,1-3H3,(H,22,23). The Bertz CT molecular complexity index is 620. The molecule has 1 atom stereocenters. The molecule has 0 aliphatic heterocycles. The van der Waals surface area contributed by atoms with Gasteiger partial charge >= 0.3 is 12.6 Å². The molecule has 1 aromatic carbocycles. The molecular weight excluding hydrogens is 320 g/mol. The molecule has 1 N–H and O–H groups in total. The number of aliphatic carboxylic acids is 1. The average Bonchev–Trinajstić information content (AvgIpc) is 3.31. The molecule has 0 saturated heterocycles. The third kappa shape index (κ3) is 4.21. The van der Waals surface area contributed by atoms with Crippen molar-refractivity contribution in [2.75, 3.05) is 6.54 Å². The summed E-state index contributed by atoms with van der Waals surface area (Å²) in [7, 11) is 0. The first-order valence-corrected chi connectivity index (χ1v) is 7.80. The van der Waals surface area contributed by atoms with Crippen LogP contribution in [0.5, 0.6) is 5.75 Å². The van der Waals surface area contributed by atoms with Gasteiger partial charge < -0.3 is 14.7 Å². The number of hydrogen-bond donors (Lipinski definition) is 1. The molecule has 5 nitrogen and oxygen atoms in total. The summed E-state index contributed by atoms with van der Waals surface area (Å²) in [5.74, 6) is -1.83. The number of rotatable bonds is 7. The molecule has 1 aliphatic rings. The molecule has 0 heterocycles. The van der Waals surface area contributed by atoms with Crippen LogP contribution >= 0.6 is 0 Å². The summed E-state index contributed by atoms with van der Waals surface area (Å²) in [6, 6.07) is 3.07. The fourth-order valence-corrected chi connectivity index (χ4v) is 2.67. The first kappa shape index (κ1) is 18.2. The molecule has 1 amide bonds.